The standard InChI is InChI=1S/C28H30ClN7O/c29-21-7-10-23-24(11-15-31-25(23)19-21)30-13-1-2-14-32-26-12-16-33-28(35-26)34-22-8-5-20(6-9-22)27(37)36-17-3-4-18-36/h5-12,15-16,19H,1-4,13-14,17-18H2,(H,30,31)(H2,32,33,34,35). The lowest BCUT2D eigenvalue weighted by Crippen LogP contribution is -2.27. The molecule has 0 saturated carbocycles. The first kappa shape index (κ1) is 24.8. The average Bonchev–Trinajstić information content (AvgIpc) is 3.46. The van der Waals surface area contributed by atoms with E-state index in [9.17, 15) is 4.79 Å². The van der Waals surface area contributed by atoms with Crippen LogP contribution in [0, 0.1) is 0 Å². The van der Waals surface area contributed by atoms with Gasteiger partial charge in [0.25, 0.3) is 5.91 Å². The van der Waals surface area contributed by atoms with Crippen LogP contribution in [0.2, 0.25) is 5.02 Å². The van der Waals surface area contributed by atoms with E-state index in [1.54, 1.807) is 12.4 Å². The molecule has 0 spiro atoms. The number of anilines is 4. The van der Waals surface area contributed by atoms with Crippen LogP contribution in [0.5, 0.6) is 0 Å². The second kappa shape index (κ2) is 11.9. The van der Waals surface area contributed by atoms with Crippen LogP contribution in [0.1, 0.15) is 36.0 Å². The Balaban J connectivity index is 1.06. The van der Waals surface area contributed by atoms with Crippen molar-refractivity contribution in [3.63, 3.8) is 0 Å². The number of aromatic nitrogens is 3. The van der Waals surface area contributed by atoms with Crippen molar-refractivity contribution in [1.82, 2.24) is 19.9 Å². The Kier molecular flexibility index (Phi) is 7.96. The summed E-state index contributed by atoms with van der Waals surface area (Å²) in [7, 11) is 0. The molecule has 1 saturated heterocycles. The molecule has 8 nitrogen and oxygen atoms in total. The molecule has 0 unspecified atom stereocenters. The number of fused-ring (bicyclic) bond motifs is 1. The molecule has 3 heterocycles. The maximum atomic E-state index is 12.5. The minimum Gasteiger partial charge on any atom is -0.384 e. The Morgan fingerprint density at radius 1 is 0.892 bits per heavy atom. The summed E-state index contributed by atoms with van der Waals surface area (Å²) in [6, 6.07) is 17.1. The van der Waals surface area contributed by atoms with E-state index in [4.69, 9.17) is 11.6 Å². The maximum absolute atomic E-state index is 12.5. The molecular weight excluding hydrogens is 486 g/mol. The van der Waals surface area contributed by atoms with Crippen LogP contribution in [0.3, 0.4) is 0 Å². The van der Waals surface area contributed by atoms with E-state index in [-0.39, 0.29) is 5.91 Å². The third-order valence-corrected chi connectivity index (χ3v) is 6.60. The molecule has 1 fully saturated rings. The lowest BCUT2D eigenvalue weighted by Gasteiger charge is -2.15. The largest absolute Gasteiger partial charge is 0.384 e. The number of likely N-dealkylation sites (tertiary alicyclic amines) is 1. The molecule has 1 aliphatic heterocycles. The van der Waals surface area contributed by atoms with Gasteiger partial charge in [-0.3, -0.25) is 9.78 Å². The zero-order valence-electron chi connectivity index (χ0n) is 20.6. The number of amides is 1. The number of hydrogen-bond donors (Lipinski definition) is 3. The van der Waals surface area contributed by atoms with Crippen LogP contribution in [0.15, 0.2) is 67.0 Å². The Hall–Kier alpha value is -3.91. The van der Waals surface area contributed by atoms with E-state index in [1.165, 1.54) is 0 Å². The van der Waals surface area contributed by atoms with E-state index >= 15 is 0 Å². The van der Waals surface area contributed by atoms with Crippen molar-refractivity contribution < 1.29 is 4.79 Å². The fraction of sp³-hybridized carbons (Fsp3) is 0.286. The SMILES string of the molecule is O=C(c1ccc(Nc2nccc(NCCCCNc3ccnc4cc(Cl)ccc34)n2)cc1)N1CCCC1. The summed E-state index contributed by atoms with van der Waals surface area (Å²) in [6.07, 6.45) is 7.69. The number of nitrogens with one attached hydrogen (secondary N) is 3. The molecule has 0 bridgehead atoms. The van der Waals surface area contributed by atoms with E-state index in [0.717, 1.165) is 80.0 Å². The minimum atomic E-state index is 0.0979. The molecule has 9 heteroatoms. The first-order valence-electron chi connectivity index (χ1n) is 12.7. The highest BCUT2D eigenvalue weighted by molar-refractivity contribution is 6.31. The molecule has 2 aromatic carbocycles. The first-order valence-corrected chi connectivity index (χ1v) is 13.0. The monoisotopic (exact) mass is 515 g/mol. The van der Waals surface area contributed by atoms with Crippen LogP contribution >= 0.6 is 11.6 Å². The van der Waals surface area contributed by atoms with Crippen LogP contribution in [-0.2, 0) is 0 Å². The Bertz CT molecular complexity index is 1360. The molecule has 0 atom stereocenters. The molecule has 190 valence electrons. The second-order valence-corrected chi connectivity index (χ2v) is 9.48. The van der Waals surface area contributed by atoms with Gasteiger partial charge in [0.05, 0.1) is 5.52 Å². The van der Waals surface area contributed by atoms with Gasteiger partial charge in [0.15, 0.2) is 0 Å². The number of nitrogens with zero attached hydrogens (tertiary/aromatic N) is 4. The van der Waals surface area contributed by atoms with Crippen molar-refractivity contribution in [3.8, 4) is 0 Å². The first-order chi connectivity index (χ1) is 18.2. The lowest BCUT2D eigenvalue weighted by molar-refractivity contribution is 0.0793. The van der Waals surface area contributed by atoms with Gasteiger partial charge in [-0.25, -0.2) is 4.98 Å². The Morgan fingerprint density at radius 3 is 2.46 bits per heavy atom. The van der Waals surface area contributed by atoms with Gasteiger partial charge in [0.2, 0.25) is 5.95 Å². The van der Waals surface area contributed by atoms with Crippen molar-refractivity contribution in [2.24, 2.45) is 0 Å². The number of unbranched alkanes of at least 4 members (excludes halogenated alkanes) is 1. The highest BCUT2D eigenvalue weighted by Crippen LogP contribution is 2.24. The van der Waals surface area contributed by atoms with Gasteiger partial charge in [0.1, 0.15) is 5.82 Å². The molecule has 37 heavy (non-hydrogen) atoms. The predicted octanol–water partition coefficient (Wildman–Crippen LogP) is 5.96. The summed E-state index contributed by atoms with van der Waals surface area (Å²) in [5.74, 6) is 1.37. The second-order valence-electron chi connectivity index (χ2n) is 9.05. The van der Waals surface area contributed by atoms with Crippen molar-refractivity contribution >= 4 is 51.6 Å². The predicted molar refractivity (Wildman–Crippen MR) is 150 cm³/mol. The molecule has 0 radical (unpaired) electrons. The highest BCUT2D eigenvalue weighted by Gasteiger charge is 2.19. The van der Waals surface area contributed by atoms with Gasteiger partial charge < -0.3 is 20.9 Å². The van der Waals surface area contributed by atoms with Gasteiger partial charge in [0, 0.05) is 65.9 Å². The van der Waals surface area contributed by atoms with E-state index in [0.29, 0.717) is 16.5 Å². The fourth-order valence-electron chi connectivity index (χ4n) is 4.41. The minimum absolute atomic E-state index is 0.0979. The molecule has 3 N–H and O–H groups in total. The summed E-state index contributed by atoms with van der Waals surface area (Å²) < 4.78 is 0. The third-order valence-electron chi connectivity index (χ3n) is 6.37. The average molecular weight is 516 g/mol. The molecule has 4 aromatic rings. The smallest absolute Gasteiger partial charge is 0.253 e. The summed E-state index contributed by atoms with van der Waals surface area (Å²) in [5, 5.41) is 11.8. The molecule has 0 aliphatic carbocycles. The number of hydrogen-bond acceptors (Lipinski definition) is 7. The van der Waals surface area contributed by atoms with Gasteiger partial charge in [-0.2, -0.15) is 4.98 Å². The molecule has 5 rings (SSSR count). The molecule has 1 amide bonds. The normalized spacial score (nSPS) is 13.1. The van der Waals surface area contributed by atoms with Crippen LogP contribution in [-0.4, -0.2) is 51.9 Å². The van der Waals surface area contributed by atoms with Gasteiger partial charge in [-0.05, 0) is 80.3 Å². The summed E-state index contributed by atoms with van der Waals surface area (Å²) in [6.45, 7) is 3.36. The van der Waals surface area contributed by atoms with E-state index < -0.39 is 0 Å². The summed E-state index contributed by atoms with van der Waals surface area (Å²) >= 11 is 6.08. The number of rotatable bonds is 10. The quantitative estimate of drug-likeness (QED) is 0.224. The van der Waals surface area contributed by atoms with Crippen LogP contribution in [0.4, 0.5) is 23.1 Å². The summed E-state index contributed by atoms with van der Waals surface area (Å²) in [5.41, 5.74) is 3.50. The van der Waals surface area contributed by atoms with Crippen molar-refractivity contribution in [1.29, 1.82) is 0 Å². The highest BCUT2D eigenvalue weighted by atomic mass is 35.5. The molecular formula is C28H30ClN7O. The Labute approximate surface area is 221 Å². The zero-order valence-corrected chi connectivity index (χ0v) is 21.3. The van der Waals surface area contributed by atoms with Crippen molar-refractivity contribution in [3.05, 3.63) is 77.6 Å². The number of halogens is 1. The van der Waals surface area contributed by atoms with Crippen LogP contribution < -0.4 is 16.0 Å². The number of pyridine rings is 1. The van der Waals surface area contributed by atoms with Crippen molar-refractivity contribution in [2.75, 3.05) is 42.1 Å². The zero-order chi connectivity index (χ0) is 25.5. The topological polar surface area (TPSA) is 95.1 Å². The van der Waals surface area contributed by atoms with Gasteiger partial charge in [-0.1, -0.05) is 11.6 Å². The fourth-order valence-corrected chi connectivity index (χ4v) is 4.58. The van der Waals surface area contributed by atoms with Crippen molar-refractivity contribution in [2.45, 2.75) is 25.7 Å². The van der Waals surface area contributed by atoms with Gasteiger partial charge in [-0.15, -0.1) is 0 Å². The van der Waals surface area contributed by atoms with E-state index in [1.807, 2.05) is 59.5 Å². The number of carbonyl (C=O) groups is 1. The Morgan fingerprint density at radius 2 is 1.65 bits per heavy atom. The van der Waals surface area contributed by atoms with E-state index in [2.05, 4.69) is 30.9 Å². The van der Waals surface area contributed by atoms with Crippen LogP contribution in [0.25, 0.3) is 10.9 Å². The summed E-state index contributed by atoms with van der Waals surface area (Å²) in [4.78, 5) is 27.7. The maximum Gasteiger partial charge on any atom is 0.253 e. The van der Waals surface area contributed by atoms with Gasteiger partial charge >= 0.3 is 0 Å². The number of benzene rings is 2. The molecule has 2 aromatic heterocycles. The number of carbonyl (C=O) groups excluding carboxylic acids is 1. The third kappa shape index (κ3) is 6.46. The molecule has 1 aliphatic rings. The lowest BCUT2D eigenvalue weighted by atomic mass is 10.2.